The average Bonchev–Trinajstić information content (AvgIpc) is 2.56. The number of sulfone groups is 1. The molecular weight excluding hydrogens is 362 g/mol. The van der Waals surface area contributed by atoms with Gasteiger partial charge in [-0.15, -0.1) is 0 Å². The van der Waals surface area contributed by atoms with Crippen LogP contribution in [0.2, 0.25) is 5.02 Å². The van der Waals surface area contributed by atoms with Crippen molar-refractivity contribution in [3.8, 4) is 0 Å². The van der Waals surface area contributed by atoms with E-state index in [0.717, 1.165) is 25.3 Å². The highest BCUT2D eigenvalue weighted by Gasteiger charge is 2.25. The zero-order valence-electron chi connectivity index (χ0n) is 14.9. The maximum absolute atomic E-state index is 12.4. The molecule has 0 unspecified atom stereocenters. The first-order valence-electron chi connectivity index (χ1n) is 9.05. The van der Waals surface area contributed by atoms with E-state index in [0.29, 0.717) is 6.42 Å². The van der Waals surface area contributed by atoms with Gasteiger partial charge in [0.2, 0.25) is 0 Å². The van der Waals surface area contributed by atoms with Crippen molar-refractivity contribution >= 4 is 27.1 Å². The van der Waals surface area contributed by atoms with Gasteiger partial charge in [0.15, 0.2) is 9.84 Å². The molecule has 0 aliphatic rings. The van der Waals surface area contributed by atoms with Crippen LogP contribution in [0, 0.1) is 10.1 Å². The maximum Gasteiger partial charge on any atom is 0.288 e. The zero-order valence-corrected chi connectivity index (χ0v) is 16.4. The van der Waals surface area contributed by atoms with E-state index in [1.807, 2.05) is 0 Å². The number of hydrogen-bond donors (Lipinski definition) is 0. The molecule has 1 rings (SSSR count). The lowest BCUT2D eigenvalue weighted by Crippen LogP contribution is -2.09. The third-order valence-electron chi connectivity index (χ3n) is 4.22. The molecule has 25 heavy (non-hydrogen) atoms. The summed E-state index contributed by atoms with van der Waals surface area (Å²) < 4.78 is 24.8. The Bertz CT molecular complexity index is 646. The standard InChI is InChI=1S/C18H28ClNO4S/c1-2-3-4-5-6-7-8-9-10-11-14-25(23,24)18-15-16(19)12-13-17(18)20(21)22/h12-13,15H,2-11,14H2,1H3. The van der Waals surface area contributed by atoms with Crippen LogP contribution in [0.25, 0.3) is 0 Å². The molecule has 0 saturated heterocycles. The highest BCUT2D eigenvalue weighted by atomic mass is 35.5. The first-order valence-corrected chi connectivity index (χ1v) is 11.1. The summed E-state index contributed by atoms with van der Waals surface area (Å²) in [5.41, 5.74) is -0.406. The highest BCUT2D eigenvalue weighted by molar-refractivity contribution is 7.91. The molecule has 0 radical (unpaired) electrons. The molecule has 0 aromatic heterocycles. The van der Waals surface area contributed by atoms with Crippen molar-refractivity contribution in [2.75, 3.05) is 5.75 Å². The van der Waals surface area contributed by atoms with Gasteiger partial charge in [-0.25, -0.2) is 8.42 Å². The van der Waals surface area contributed by atoms with Crippen molar-refractivity contribution in [3.05, 3.63) is 33.3 Å². The number of nitrogens with zero attached hydrogens (tertiary/aromatic N) is 1. The number of nitro benzene ring substituents is 1. The van der Waals surface area contributed by atoms with Gasteiger partial charge < -0.3 is 0 Å². The SMILES string of the molecule is CCCCCCCCCCCCS(=O)(=O)c1cc(Cl)ccc1[N+](=O)[O-]. The Morgan fingerprint density at radius 2 is 1.48 bits per heavy atom. The van der Waals surface area contributed by atoms with Gasteiger partial charge in [-0.1, -0.05) is 76.3 Å². The summed E-state index contributed by atoms with van der Waals surface area (Å²) in [4.78, 5) is 10.1. The van der Waals surface area contributed by atoms with Crippen LogP contribution in [-0.4, -0.2) is 19.1 Å². The van der Waals surface area contributed by atoms with Crippen molar-refractivity contribution in [1.29, 1.82) is 0 Å². The Morgan fingerprint density at radius 3 is 2.00 bits per heavy atom. The van der Waals surface area contributed by atoms with Crippen molar-refractivity contribution in [1.82, 2.24) is 0 Å². The molecule has 0 N–H and O–H groups in total. The van der Waals surface area contributed by atoms with Crippen LogP contribution in [-0.2, 0) is 9.84 Å². The second kappa shape index (κ2) is 11.5. The van der Waals surface area contributed by atoms with E-state index in [9.17, 15) is 18.5 Å². The Kier molecular flexibility index (Phi) is 10.0. The van der Waals surface area contributed by atoms with Crippen LogP contribution in [0.1, 0.15) is 71.1 Å². The number of halogens is 1. The van der Waals surface area contributed by atoms with Gasteiger partial charge in [0.25, 0.3) is 5.69 Å². The molecule has 0 spiro atoms. The van der Waals surface area contributed by atoms with Crippen LogP contribution in [0.4, 0.5) is 5.69 Å². The lowest BCUT2D eigenvalue weighted by Gasteiger charge is -2.06. The third-order valence-corrected chi connectivity index (χ3v) is 6.28. The predicted molar refractivity (Wildman–Crippen MR) is 102 cm³/mol. The van der Waals surface area contributed by atoms with E-state index in [-0.39, 0.29) is 15.7 Å². The molecule has 142 valence electrons. The monoisotopic (exact) mass is 389 g/mol. The predicted octanol–water partition coefficient (Wildman–Crippen LogP) is 5.94. The molecule has 5 nitrogen and oxygen atoms in total. The summed E-state index contributed by atoms with van der Waals surface area (Å²) in [6.45, 7) is 2.20. The minimum atomic E-state index is -3.69. The van der Waals surface area contributed by atoms with Gasteiger partial charge in [-0.05, 0) is 18.6 Å². The normalized spacial score (nSPS) is 11.6. The molecule has 0 amide bonds. The van der Waals surface area contributed by atoms with Crippen molar-refractivity contribution in [2.45, 2.75) is 76.0 Å². The fourth-order valence-electron chi connectivity index (χ4n) is 2.78. The lowest BCUT2D eigenvalue weighted by molar-refractivity contribution is -0.387. The van der Waals surface area contributed by atoms with E-state index in [1.165, 1.54) is 50.7 Å². The van der Waals surface area contributed by atoms with E-state index < -0.39 is 20.4 Å². The zero-order chi connectivity index (χ0) is 18.7. The van der Waals surface area contributed by atoms with Crippen molar-refractivity contribution < 1.29 is 13.3 Å². The largest absolute Gasteiger partial charge is 0.288 e. The van der Waals surface area contributed by atoms with Crippen molar-refractivity contribution in [3.63, 3.8) is 0 Å². The first-order chi connectivity index (χ1) is 11.9. The number of rotatable bonds is 13. The number of benzene rings is 1. The summed E-state index contributed by atoms with van der Waals surface area (Å²) in [5, 5.41) is 11.2. The molecule has 0 bridgehead atoms. The van der Waals surface area contributed by atoms with Crippen LogP contribution in [0.5, 0.6) is 0 Å². The smallest absolute Gasteiger partial charge is 0.258 e. The topological polar surface area (TPSA) is 77.3 Å². The molecule has 1 aromatic rings. The number of nitro groups is 1. The van der Waals surface area contributed by atoms with Gasteiger partial charge in [-0.3, -0.25) is 10.1 Å². The Labute approximate surface area is 155 Å². The molecule has 0 atom stereocenters. The lowest BCUT2D eigenvalue weighted by atomic mass is 10.1. The summed E-state index contributed by atoms with van der Waals surface area (Å²) in [6.07, 6.45) is 11.0. The van der Waals surface area contributed by atoms with Gasteiger partial charge in [0.05, 0.1) is 10.7 Å². The second-order valence-corrected chi connectivity index (χ2v) is 8.88. The fraction of sp³-hybridized carbons (Fsp3) is 0.667. The summed E-state index contributed by atoms with van der Waals surface area (Å²) in [6, 6.07) is 3.65. The molecule has 0 heterocycles. The summed E-state index contributed by atoms with van der Waals surface area (Å²) >= 11 is 5.80. The minimum Gasteiger partial charge on any atom is -0.258 e. The molecule has 1 aromatic carbocycles. The van der Waals surface area contributed by atoms with Gasteiger partial charge in [-0.2, -0.15) is 0 Å². The van der Waals surface area contributed by atoms with E-state index in [4.69, 9.17) is 11.6 Å². The third kappa shape index (κ3) is 8.19. The van der Waals surface area contributed by atoms with Gasteiger partial charge in [0, 0.05) is 11.1 Å². The maximum atomic E-state index is 12.4. The molecular formula is C18H28ClNO4S. The van der Waals surface area contributed by atoms with Crippen molar-refractivity contribution in [2.24, 2.45) is 0 Å². The summed E-state index contributed by atoms with van der Waals surface area (Å²) in [5.74, 6) is -0.0787. The first kappa shape index (κ1) is 21.9. The molecule has 7 heteroatoms. The van der Waals surface area contributed by atoms with Crippen LogP contribution < -0.4 is 0 Å². The number of hydrogen-bond acceptors (Lipinski definition) is 4. The van der Waals surface area contributed by atoms with Crippen LogP contribution in [0.15, 0.2) is 23.1 Å². The Hall–Kier alpha value is -1.14. The van der Waals surface area contributed by atoms with E-state index in [2.05, 4.69) is 6.92 Å². The summed E-state index contributed by atoms with van der Waals surface area (Å²) in [7, 11) is -3.69. The quantitative estimate of drug-likeness (QED) is 0.237. The minimum absolute atomic E-state index is 0.0787. The van der Waals surface area contributed by atoms with Crippen LogP contribution in [0.3, 0.4) is 0 Å². The molecule has 0 aliphatic heterocycles. The second-order valence-electron chi connectivity index (χ2n) is 6.37. The van der Waals surface area contributed by atoms with Gasteiger partial charge in [0.1, 0.15) is 4.90 Å². The molecule has 0 aliphatic carbocycles. The molecule has 0 saturated carbocycles. The number of unbranched alkanes of at least 4 members (excludes halogenated alkanes) is 9. The fourth-order valence-corrected chi connectivity index (χ4v) is 4.59. The highest BCUT2D eigenvalue weighted by Crippen LogP contribution is 2.28. The van der Waals surface area contributed by atoms with Crippen LogP contribution >= 0.6 is 11.6 Å². The van der Waals surface area contributed by atoms with E-state index >= 15 is 0 Å². The average molecular weight is 390 g/mol. The Morgan fingerprint density at radius 1 is 0.960 bits per heavy atom. The Balaban J connectivity index is 2.37. The van der Waals surface area contributed by atoms with Gasteiger partial charge >= 0.3 is 0 Å². The van der Waals surface area contributed by atoms with E-state index in [1.54, 1.807) is 0 Å². The molecule has 0 fully saturated rings.